The molecule has 0 aliphatic rings. The van der Waals surface area contributed by atoms with Crippen molar-refractivity contribution in [3.05, 3.63) is 60.1 Å². The fraction of sp³-hybridized carbons (Fsp3) is 0.300. The minimum Gasteiger partial charge on any atom is -0.489 e. The molecule has 5 nitrogen and oxygen atoms in total. The Morgan fingerprint density at radius 2 is 1.92 bits per heavy atom. The van der Waals surface area contributed by atoms with Crippen LogP contribution in [-0.2, 0) is 0 Å². The lowest BCUT2D eigenvalue weighted by Crippen LogP contribution is -2.29. The SMILES string of the molecule is CC(C)Oc1cncc(C(=O)N(C)C(C)c2cc3ccccc3o2)c1. The lowest BCUT2D eigenvalue weighted by Gasteiger charge is -2.23. The molecule has 130 valence electrons. The van der Waals surface area contributed by atoms with E-state index in [4.69, 9.17) is 9.15 Å². The van der Waals surface area contributed by atoms with E-state index >= 15 is 0 Å². The van der Waals surface area contributed by atoms with E-state index in [1.807, 2.05) is 51.1 Å². The average Bonchev–Trinajstić information content (AvgIpc) is 3.03. The molecule has 1 atom stereocenters. The summed E-state index contributed by atoms with van der Waals surface area (Å²) >= 11 is 0. The van der Waals surface area contributed by atoms with Gasteiger partial charge in [-0.3, -0.25) is 9.78 Å². The van der Waals surface area contributed by atoms with E-state index in [2.05, 4.69) is 4.98 Å². The average molecular weight is 338 g/mol. The van der Waals surface area contributed by atoms with Crippen molar-refractivity contribution in [1.82, 2.24) is 9.88 Å². The molecule has 1 amide bonds. The van der Waals surface area contributed by atoms with Crippen LogP contribution in [0.25, 0.3) is 11.0 Å². The Bertz CT molecular complexity index is 852. The lowest BCUT2D eigenvalue weighted by molar-refractivity contribution is 0.0726. The first-order valence-electron chi connectivity index (χ1n) is 8.33. The van der Waals surface area contributed by atoms with Crippen molar-refractivity contribution in [3.63, 3.8) is 0 Å². The number of amides is 1. The fourth-order valence-corrected chi connectivity index (χ4v) is 2.65. The van der Waals surface area contributed by atoms with E-state index in [0.717, 1.165) is 16.7 Å². The second kappa shape index (κ2) is 6.97. The first-order valence-corrected chi connectivity index (χ1v) is 8.33. The molecule has 0 saturated carbocycles. The highest BCUT2D eigenvalue weighted by molar-refractivity contribution is 5.94. The van der Waals surface area contributed by atoms with Gasteiger partial charge in [0.15, 0.2) is 0 Å². The Morgan fingerprint density at radius 3 is 2.64 bits per heavy atom. The number of hydrogen-bond donors (Lipinski definition) is 0. The minimum atomic E-state index is -0.199. The highest BCUT2D eigenvalue weighted by atomic mass is 16.5. The van der Waals surface area contributed by atoms with Gasteiger partial charge in [0.2, 0.25) is 0 Å². The highest BCUT2D eigenvalue weighted by Gasteiger charge is 2.22. The monoisotopic (exact) mass is 338 g/mol. The molecule has 0 saturated heterocycles. The number of rotatable bonds is 5. The number of benzene rings is 1. The molecule has 1 aromatic carbocycles. The van der Waals surface area contributed by atoms with Gasteiger partial charge in [-0.2, -0.15) is 0 Å². The van der Waals surface area contributed by atoms with E-state index in [-0.39, 0.29) is 18.1 Å². The number of hydrogen-bond acceptors (Lipinski definition) is 4. The van der Waals surface area contributed by atoms with Gasteiger partial charge in [0.25, 0.3) is 5.91 Å². The number of carbonyl (C=O) groups excluding carboxylic acids is 1. The summed E-state index contributed by atoms with van der Waals surface area (Å²) in [6.45, 7) is 5.81. The van der Waals surface area contributed by atoms with E-state index in [1.54, 1.807) is 30.4 Å². The van der Waals surface area contributed by atoms with Gasteiger partial charge in [-0.25, -0.2) is 0 Å². The third kappa shape index (κ3) is 3.65. The number of pyridine rings is 1. The molecule has 0 radical (unpaired) electrons. The van der Waals surface area contributed by atoms with E-state index < -0.39 is 0 Å². The van der Waals surface area contributed by atoms with Crippen LogP contribution < -0.4 is 4.74 Å². The first-order chi connectivity index (χ1) is 12.0. The molecular formula is C20H22N2O3. The molecule has 0 fully saturated rings. The molecule has 0 bridgehead atoms. The number of nitrogens with zero attached hydrogens (tertiary/aromatic N) is 2. The molecule has 5 heteroatoms. The Kier molecular flexibility index (Phi) is 4.74. The molecule has 0 aliphatic carbocycles. The Hall–Kier alpha value is -2.82. The summed E-state index contributed by atoms with van der Waals surface area (Å²) in [5, 5.41) is 1.03. The summed E-state index contributed by atoms with van der Waals surface area (Å²) in [5.74, 6) is 1.21. The zero-order chi connectivity index (χ0) is 18.0. The lowest BCUT2D eigenvalue weighted by atomic mass is 10.1. The van der Waals surface area contributed by atoms with Gasteiger partial charge in [-0.05, 0) is 39.0 Å². The van der Waals surface area contributed by atoms with Crippen LogP contribution in [0.3, 0.4) is 0 Å². The zero-order valence-corrected chi connectivity index (χ0v) is 14.9. The standard InChI is InChI=1S/C20H22N2O3/c1-13(2)24-17-9-16(11-21-12-17)20(23)22(4)14(3)19-10-15-7-5-6-8-18(15)25-19/h5-14H,1-4H3. The second-order valence-electron chi connectivity index (χ2n) is 6.35. The minimum absolute atomic E-state index is 0.0272. The van der Waals surface area contributed by atoms with Crippen LogP contribution in [0.2, 0.25) is 0 Å². The fourth-order valence-electron chi connectivity index (χ4n) is 2.65. The van der Waals surface area contributed by atoms with Gasteiger partial charge in [0, 0.05) is 18.6 Å². The smallest absolute Gasteiger partial charge is 0.255 e. The molecule has 2 aromatic heterocycles. The van der Waals surface area contributed by atoms with Crippen LogP contribution in [0, 0.1) is 0 Å². The molecule has 25 heavy (non-hydrogen) atoms. The van der Waals surface area contributed by atoms with Crippen molar-refractivity contribution in [3.8, 4) is 5.75 Å². The summed E-state index contributed by atoms with van der Waals surface area (Å²) in [6, 6.07) is 11.3. The van der Waals surface area contributed by atoms with Crippen molar-refractivity contribution in [2.45, 2.75) is 32.9 Å². The number of ether oxygens (including phenoxy) is 1. The van der Waals surface area contributed by atoms with Crippen LogP contribution in [0.15, 0.2) is 53.2 Å². The maximum Gasteiger partial charge on any atom is 0.255 e. The molecule has 0 aliphatic heterocycles. The second-order valence-corrected chi connectivity index (χ2v) is 6.35. The van der Waals surface area contributed by atoms with Crippen LogP contribution in [0.5, 0.6) is 5.75 Å². The molecule has 0 N–H and O–H groups in total. The predicted molar refractivity (Wildman–Crippen MR) is 96.7 cm³/mol. The van der Waals surface area contributed by atoms with Gasteiger partial charge in [-0.1, -0.05) is 18.2 Å². The normalized spacial score (nSPS) is 12.4. The van der Waals surface area contributed by atoms with Gasteiger partial charge >= 0.3 is 0 Å². The van der Waals surface area contributed by atoms with Crippen LogP contribution >= 0.6 is 0 Å². The third-order valence-corrected chi connectivity index (χ3v) is 4.09. The van der Waals surface area contributed by atoms with Crippen molar-refractivity contribution in [1.29, 1.82) is 0 Å². The largest absolute Gasteiger partial charge is 0.489 e. The van der Waals surface area contributed by atoms with Gasteiger partial charge in [0.1, 0.15) is 17.1 Å². The van der Waals surface area contributed by atoms with Crippen molar-refractivity contribution < 1.29 is 13.9 Å². The Labute approximate surface area is 147 Å². The number of furan rings is 1. The van der Waals surface area contributed by atoms with Crippen molar-refractivity contribution in [2.24, 2.45) is 0 Å². The summed E-state index contributed by atoms with van der Waals surface area (Å²) in [7, 11) is 1.76. The Morgan fingerprint density at radius 1 is 1.16 bits per heavy atom. The maximum absolute atomic E-state index is 12.8. The zero-order valence-electron chi connectivity index (χ0n) is 14.9. The van der Waals surface area contributed by atoms with E-state index in [1.165, 1.54) is 0 Å². The number of carbonyl (C=O) groups is 1. The van der Waals surface area contributed by atoms with Gasteiger partial charge < -0.3 is 14.1 Å². The van der Waals surface area contributed by atoms with Gasteiger partial charge in [0.05, 0.1) is 23.9 Å². The molecular weight excluding hydrogens is 316 g/mol. The molecule has 2 heterocycles. The number of aromatic nitrogens is 1. The first kappa shape index (κ1) is 17.0. The summed E-state index contributed by atoms with van der Waals surface area (Å²) < 4.78 is 11.5. The summed E-state index contributed by atoms with van der Waals surface area (Å²) in [6.07, 6.45) is 3.19. The highest BCUT2D eigenvalue weighted by Crippen LogP contribution is 2.27. The molecule has 0 spiro atoms. The van der Waals surface area contributed by atoms with Crippen molar-refractivity contribution in [2.75, 3.05) is 7.05 Å². The quantitative estimate of drug-likeness (QED) is 0.690. The van der Waals surface area contributed by atoms with Crippen molar-refractivity contribution >= 4 is 16.9 Å². The topological polar surface area (TPSA) is 55.6 Å². The molecule has 1 unspecified atom stereocenters. The number of para-hydroxylation sites is 1. The van der Waals surface area contributed by atoms with Gasteiger partial charge in [-0.15, -0.1) is 0 Å². The summed E-state index contributed by atoms with van der Waals surface area (Å²) in [4.78, 5) is 18.6. The van der Waals surface area contributed by atoms with Crippen LogP contribution in [-0.4, -0.2) is 28.9 Å². The summed E-state index contributed by atoms with van der Waals surface area (Å²) in [5.41, 5.74) is 1.31. The van der Waals surface area contributed by atoms with Crippen LogP contribution in [0.1, 0.15) is 42.9 Å². The number of fused-ring (bicyclic) bond motifs is 1. The molecule has 3 aromatic rings. The van der Waals surface area contributed by atoms with Crippen LogP contribution in [0.4, 0.5) is 0 Å². The van der Waals surface area contributed by atoms with E-state index in [9.17, 15) is 4.79 Å². The maximum atomic E-state index is 12.8. The molecule has 3 rings (SSSR count). The Balaban J connectivity index is 1.81. The predicted octanol–water partition coefficient (Wildman–Crippen LogP) is 4.45. The third-order valence-electron chi connectivity index (χ3n) is 4.09. The van der Waals surface area contributed by atoms with E-state index in [0.29, 0.717) is 11.3 Å².